The molecule has 0 bridgehead atoms. The van der Waals surface area contributed by atoms with Crippen LogP contribution in [0.15, 0.2) is 24.4 Å². The number of benzene rings is 1. The molecule has 0 spiro atoms. The lowest BCUT2D eigenvalue weighted by molar-refractivity contribution is -0.131. The maximum atomic E-state index is 12.1. The van der Waals surface area contributed by atoms with Gasteiger partial charge in [0.2, 0.25) is 5.91 Å². The van der Waals surface area contributed by atoms with Crippen LogP contribution in [-0.2, 0) is 11.2 Å². The maximum absolute atomic E-state index is 12.1. The number of rotatable bonds is 6. The summed E-state index contributed by atoms with van der Waals surface area (Å²) in [7, 11) is 0. The third-order valence-electron chi connectivity index (χ3n) is 3.72. The molecule has 108 valence electrons. The van der Waals surface area contributed by atoms with Gasteiger partial charge in [-0.05, 0) is 31.4 Å². The monoisotopic (exact) mass is 274 g/mol. The molecule has 0 aliphatic heterocycles. The molecule has 4 nitrogen and oxygen atoms in total. The molecule has 2 rings (SSSR count). The fraction of sp³-hybridized carbons (Fsp3) is 0.438. The standard InChI is InChI=1S/C16H22N2O2/c1-3-18(9-10-19)15(20)8-7-13-11-17-16-12(2)5-4-6-14(13)16/h4-6,11,17,19H,3,7-10H2,1-2H3. The fourth-order valence-corrected chi connectivity index (χ4v) is 2.55. The SMILES string of the molecule is CCN(CCO)C(=O)CCc1c[nH]c2c(C)cccc12. The molecule has 2 N–H and O–H groups in total. The Morgan fingerprint density at radius 3 is 2.90 bits per heavy atom. The number of amides is 1. The Balaban J connectivity index is 2.06. The number of H-pyrrole nitrogens is 1. The van der Waals surface area contributed by atoms with Crippen molar-refractivity contribution in [1.82, 2.24) is 9.88 Å². The number of aliphatic hydroxyl groups is 1. The van der Waals surface area contributed by atoms with Crippen LogP contribution in [0.2, 0.25) is 0 Å². The Hall–Kier alpha value is -1.81. The van der Waals surface area contributed by atoms with E-state index in [1.54, 1.807) is 4.90 Å². The van der Waals surface area contributed by atoms with Crippen LogP contribution in [0.5, 0.6) is 0 Å². The van der Waals surface area contributed by atoms with Gasteiger partial charge < -0.3 is 15.0 Å². The summed E-state index contributed by atoms with van der Waals surface area (Å²) in [6.45, 7) is 5.09. The van der Waals surface area contributed by atoms with E-state index in [-0.39, 0.29) is 12.5 Å². The summed E-state index contributed by atoms with van der Waals surface area (Å²) < 4.78 is 0. The predicted octanol–water partition coefficient (Wildman–Crippen LogP) is 2.25. The smallest absolute Gasteiger partial charge is 0.222 e. The Morgan fingerprint density at radius 1 is 1.40 bits per heavy atom. The first-order chi connectivity index (χ1) is 9.67. The third kappa shape index (κ3) is 3.02. The number of nitrogens with one attached hydrogen (secondary N) is 1. The van der Waals surface area contributed by atoms with E-state index in [0.717, 1.165) is 11.9 Å². The van der Waals surface area contributed by atoms with Crippen LogP contribution in [0, 0.1) is 6.92 Å². The molecule has 0 radical (unpaired) electrons. The highest BCUT2D eigenvalue weighted by Crippen LogP contribution is 2.22. The number of likely N-dealkylation sites (N-methyl/N-ethyl adjacent to an activating group) is 1. The number of aromatic nitrogens is 1. The first-order valence-corrected chi connectivity index (χ1v) is 7.11. The predicted molar refractivity (Wildman–Crippen MR) is 80.7 cm³/mol. The fourth-order valence-electron chi connectivity index (χ4n) is 2.55. The molecule has 0 saturated heterocycles. The molecule has 1 heterocycles. The number of fused-ring (bicyclic) bond motifs is 1. The van der Waals surface area contributed by atoms with E-state index in [1.165, 1.54) is 16.5 Å². The third-order valence-corrected chi connectivity index (χ3v) is 3.72. The summed E-state index contributed by atoms with van der Waals surface area (Å²) in [5, 5.41) is 10.1. The van der Waals surface area contributed by atoms with Crippen LogP contribution >= 0.6 is 0 Å². The minimum Gasteiger partial charge on any atom is -0.395 e. The van der Waals surface area contributed by atoms with Crippen LogP contribution < -0.4 is 0 Å². The Morgan fingerprint density at radius 2 is 2.20 bits per heavy atom. The van der Waals surface area contributed by atoms with Crippen molar-refractivity contribution in [3.05, 3.63) is 35.5 Å². The molecule has 1 aromatic carbocycles. The van der Waals surface area contributed by atoms with Crippen molar-refractivity contribution >= 4 is 16.8 Å². The molecule has 0 atom stereocenters. The highest BCUT2D eigenvalue weighted by Gasteiger charge is 2.12. The molecule has 0 aliphatic rings. The largest absolute Gasteiger partial charge is 0.395 e. The second-order valence-electron chi connectivity index (χ2n) is 5.01. The number of aryl methyl sites for hydroxylation is 2. The van der Waals surface area contributed by atoms with E-state index in [2.05, 4.69) is 24.0 Å². The van der Waals surface area contributed by atoms with Gasteiger partial charge in [0.15, 0.2) is 0 Å². The minimum absolute atomic E-state index is 0.0197. The van der Waals surface area contributed by atoms with Crippen molar-refractivity contribution < 1.29 is 9.90 Å². The van der Waals surface area contributed by atoms with Gasteiger partial charge >= 0.3 is 0 Å². The number of para-hydroxylation sites is 1. The summed E-state index contributed by atoms with van der Waals surface area (Å²) in [6, 6.07) is 6.21. The molecule has 0 fully saturated rings. The van der Waals surface area contributed by atoms with Gasteiger partial charge in [0.05, 0.1) is 6.61 Å². The topological polar surface area (TPSA) is 56.3 Å². The second-order valence-corrected chi connectivity index (χ2v) is 5.01. The first kappa shape index (κ1) is 14.6. The zero-order chi connectivity index (χ0) is 14.5. The minimum atomic E-state index is 0.0197. The van der Waals surface area contributed by atoms with Gasteiger partial charge in [0.25, 0.3) is 0 Å². The van der Waals surface area contributed by atoms with Gasteiger partial charge in [0, 0.05) is 36.6 Å². The first-order valence-electron chi connectivity index (χ1n) is 7.11. The van der Waals surface area contributed by atoms with Crippen LogP contribution in [0.4, 0.5) is 0 Å². The highest BCUT2D eigenvalue weighted by atomic mass is 16.3. The van der Waals surface area contributed by atoms with Gasteiger partial charge in [-0.1, -0.05) is 18.2 Å². The quantitative estimate of drug-likeness (QED) is 0.849. The Kier molecular flexibility index (Phi) is 4.79. The highest BCUT2D eigenvalue weighted by molar-refractivity contribution is 5.86. The van der Waals surface area contributed by atoms with Crippen LogP contribution in [0.3, 0.4) is 0 Å². The molecular formula is C16H22N2O2. The van der Waals surface area contributed by atoms with Crippen molar-refractivity contribution in [2.24, 2.45) is 0 Å². The summed E-state index contributed by atoms with van der Waals surface area (Å²) in [5.41, 5.74) is 3.55. The molecule has 2 aromatic rings. The van der Waals surface area contributed by atoms with Gasteiger partial charge in [-0.15, -0.1) is 0 Å². The number of carbonyl (C=O) groups excluding carboxylic acids is 1. The van der Waals surface area contributed by atoms with Crippen molar-refractivity contribution in [2.75, 3.05) is 19.7 Å². The van der Waals surface area contributed by atoms with Crippen molar-refractivity contribution in [1.29, 1.82) is 0 Å². The normalized spacial score (nSPS) is 10.9. The van der Waals surface area contributed by atoms with Crippen LogP contribution in [0.1, 0.15) is 24.5 Å². The summed E-state index contributed by atoms with van der Waals surface area (Å²) in [4.78, 5) is 17.0. The van der Waals surface area contributed by atoms with Gasteiger partial charge in [-0.2, -0.15) is 0 Å². The van der Waals surface area contributed by atoms with Crippen LogP contribution in [-0.4, -0.2) is 40.6 Å². The van der Waals surface area contributed by atoms with Crippen molar-refractivity contribution in [3.8, 4) is 0 Å². The number of carbonyl (C=O) groups is 1. The lowest BCUT2D eigenvalue weighted by atomic mass is 10.1. The number of aromatic amines is 1. The van der Waals surface area contributed by atoms with Gasteiger partial charge in [-0.3, -0.25) is 4.79 Å². The number of hydrogen-bond acceptors (Lipinski definition) is 2. The van der Waals surface area contributed by atoms with E-state index < -0.39 is 0 Å². The van der Waals surface area contributed by atoms with E-state index >= 15 is 0 Å². The van der Waals surface area contributed by atoms with Gasteiger partial charge in [-0.25, -0.2) is 0 Å². The molecule has 0 aliphatic carbocycles. The van der Waals surface area contributed by atoms with E-state index in [9.17, 15) is 4.79 Å². The molecule has 20 heavy (non-hydrogen) atoms. The maximum Gasteiger partial charge on any atom is 0.222 e. The van der Waals surface area contributed by atoms with Crippen molar-refractivity contribution in [3.63, 3.8) is 0 Å². The Labute approximate surface area is 119 Å². The lowest BCUT2D eigenvalue weighted by Crippen LogP contribution is -2.33. The zero-order valence-corrected chi connectivity index (χ0v) is 12.1. The molecule has 1 aromatic heterocycles. The molecule has 4 heteroatoms. The summed E-state index contributed by atoms with van der Waals surface area (Å²) in [5.74, 6) is 0.101. The molecule has 0 saturated carbocycles. The molecule has 1 amide bonds. The Bertz CT molecular complexity index is 589. The second kappa shape index (κ2) is 6.57. The number of aliphatic hydroxyl groups excluding tert-OH is 1. The summed E-state index contributed by atoms with van der Waals surface area (Å²) >= 11 is 0. The summed E-state index contributed by atoms with van der Waals surface area (Å²) in [6.07, 6.45) is 3.20. The molecular weight excluding hydrogens is 252 g/mol. The number of nitrogens with zero attached hydrogens (tertiary/aromatic N) is 1. The average molecular weight is 274 g/mol. The van der Waals surface area contributed by atoms with E-state index in [1.807, 2.05) is 19.2 Å². The molecule has 0 unspecified atom stereocenters. The average Bonchev–Trinajstić information content (AvgIpc) is 2.87. The van der Waals surface area contributed by atoms with Crippen molar-refractivity contribution in [2.45, 2.75) is 26.7 Å². The lowest BCUT2D eigenvalue weighted by Gasteiger charge is -2.19. The van der Waals surface area contributed by atoms with E-state index in [0.29, 0.717) is 19.5 Å². The zero-order valence-electron chi connectivity index (χ0n) is 12.1. The van der Waals surface area contributed by atoms with Crippen LogP contribution in [0.25, 0.3) is 10.9 Å². The van der Waals surface area contributed by atoms with Gasteiger partial charge in [0.1, 0.15) is 0 Å². The van der Waals surface area contributed by atoms with E-state index in [4.69, 9.17) is 5.11 Å². The number of hydrogen-bond donors (Lipinski definition) is 2.